The van der Waals surface area contributed by atoms with Crippen LogP contribution >= 0.6 is 11.5 Å². The van der Waals surface area contributed by atoms with E-state index in [1.165, 1.54) is 6.33 Å². The second-order valence-electron chi connectivity index (χ2n) is 2.50. The molecule has 0 saturated carbocycles. The molecule has 1 aromatic carbocycles. The van der Waals surface area contributed by atoms with Gasteiger partial charge in [-0.25, -0.2) is 13.8 Å². The maximum Gasteiger partial charge on any atom is 0.206 e. The molecule has 0 saturated heterocycles. The first-order valence-corrected chi connectivity index (χ1v) is 4.52. The lowest BCUT2D eigenvalue weighted by atomic mass is 10.3. The van der Waals surface area contributed by atoms with Gasteiger partial charge in [-0.15, -0.1) is 0 Å². The fourth-order valence-corrected chi connectivity index (χ4v) is 1.38. The molecule has 1 heterocycles. The molecule has 0 unspecified atom stereocenters. The predicted molar refractivity (Wildman–Crippen MR) is 49.5 cm³/mol. The van der Waals surface area contributed by atoms with Gasteiger partial charge >= 0.3 is 0 Å². The minimum atomic E-state index is -0.526. The summed E-state index contributed by atoms with van der Waals surface area (Å²) in [5.41, 5.74) is 0.0572. The molecule has 0 fully saturated rings. The van der Waals surface area contributed by atoms with Crippen molar-refractivity contribution < 1.29 is 8.78 Å². The van der Waals surface area contributed by atoms with E-state index in [4.69, 9.17) is 0 Å². The third kappa shape index (κ3) is 1.85. The summed E-state index contributed by atoms with van der Waals surface area (Å²) in [6, 6.07) is 3.18. The first-order valence-electron chi connectivity index (χ1n) is 3.74. The van der Waals surface area contributed by atoms with Gasteiger partial charge < -0.3 is 5.32 Å². The van der Waals surface area contributed by atoms with Crippen molar-refractivity contribution in [3.8, 4) is 0 Å². The molecule has 2 rings (SSSR count). The summed E-state index contributed by atoms with van der Waals surface area (Å²) in [5, 5.41) is 3.05. The van der Waals surface area contributed by atoms with Gasteiger partial charge in [0, 0.05) is 17.6 Å². The summed E-state index contributed by atoms with van der Waals surface area (Å²) >= 11 is 1.07. The summed E-state index contributed by atoms with van der Waals surface area (Å²) in [5.74, 6) is -1.03. The first-order chi connectivity index (χ1) is 6.75. The maximum absolute atomic E-state index is 13.1. The van der Waals surface area contributed by atoms with Crippen molar-refractivity contribution in [1.82, 2.24) is 9.36 Å². The molecule has 0 spiro atoms. The lowest BCUT2D eigenvalue weighted by Gasteiger charge is -2.02. The molecule has 0 aliphatic heterocycles. The Kier molecular flexibility index (Phi) is 2.36. The third-order valence-corrected chi connectivity index (χ3v) is 2.11. The van der Waals surface area contributed by atoms with Gasteiger partial charge in [-0.1, -0.05) is 0 Å². The fraction of sp³-hybridized carbons (Fsp3) is 0. The Balaban J connectivity index is 2.28. The molecule has 0 aliphatic carbocycles. The number of hydrogen-bond acceptors (Lipinski definition) is 4. The minimum absolute atomic E-state index is 0.0572. The quantitative estimate of drug-likeness (QED) is 0.833. The van der Waals surface area contributed by atoms with E-state index in [2.05, 4.69) is 14.7 Å². The topological polar surface area (TPSA) is 37.8 Å². The summed E-state index contributed by atoms with van der Waals surface area (Å²) < 4.78 is 29.5. The maximum atomic E-state index is 13.1. The summed E-state index contributed by atoms with van der Waals surface area (Å²) in [7, 11) is 0. The Bertz CT molecular complexity index is 430. The van der Waals surface area contributed by atoms with Crippen LogP contribution in [0.5, 0.6) is 0 Å². The molecule has 6 heteroatoms. The van der Waals surface area contributed by atoms with Crippen molar-refractivity contribution in [1.29, 1.82) is 0 Å². The lowest BCUT2D eigenvalue weighted by Crippen LogP contribution is -1.93. The molecule has 72 valence electrons. The Morgan fingerprint density at radius 1 is 1.29 bits per heavy atom. The van der Waals surface area contributed by atoms with Crippen LogP contribution in [-0.4, -0.2) is 9.36 Å². The average molecular weight is 213 g/mol. The highest BCUT2D eigenvalue weighted by molar-refractivity contribution is 7.09. The van der Waals surface area contributed by atoms with E-state index in [9.17, 15) is 8.78 Å². The Labute approximate surface area is 82.6 Å². The van der Waals surface area contributed by atoms with Gasteiger partial charge in [-0.05, 0) is 12.1 Å². The largest absolute Gasteiger partial charge is 0.328 e. The van der Waals surface area contributed by atoms with Crippen molar-refractivity contribution in [3.05, 3.63) is 36.2 Å². The summed E-state index contributed by atoms with van der Waals surface area (Å²) in [6.45, 7) is 0. The fourth-order valence-electron chi connectivity index (χ4n) is 0.937. The molecule has 0 aliphatic rings. The lowest BCUT2D eigenvalue weighted by molar-refractivity contribution is 0.603. The highest BCUT2D eigenvalue weighted by Gasteiger charge is 2.05. The van der Waals surface area contributed by atoms with Crippen LogP contribution in [-0.2, 0) is 0 Å². The van der Waals surface area contributed by atoms with Crippen LogP contribution in [0.1, 0.15) is 0 Å². The van der Waals surface area contributed by atoms with Crippen molar-refractivity contribution in [2.24, 2.45) is 0 Å². The molecule has 0 amide bonds. The first kappa shape index (κ1) is 9.01. The zero-order valence-corrected chi connectivity index (χ0v) is 7.68. The number of hydrogen-bond donors (Lipinski definition) is 1. The van der Waals surface area contributed by atoms with E-state index >= 15 is 0 Å². The molecule has 14 heavy (non-hydrogen) atoms. The van der Waals surface area contributed by atoms with Gasteiger partial charge in [0.15, 0.2) is 0 Å². The highest BCUT2D eigenvalue weighted by atomic mass is 32.1. The molecular weight excluding hydrogens is 208 g/mol. The number of nitrogens with zero attached hydrogens (tertiary/aromatic N) is 2. The molecule has 2 aromatic rings. The molecule has 3 nitrogen and oxygen atoms in total. The Hall–Kier alpha value is -1.56. The van der Waals surface area contributed by atoms with Crippen molar-refractivity contribution in [2.75, 3.05) is 5.32 Å². The van der Waals surface area contributed by atoms with Crippen molar-refractivity contribution in [2.45, 2.75) is 0 Å². The second-order valence-corrected chi connectivity index (χ2v) is 3.28. The van der Waals surface area contributed by atoms with E-state index in [1.54, 1.807) is 0 Å². The number of nitrogens with one attached hydrogen (secondary N) is 1. The third-order valence-electron chi connectivity index (χ3n) is 1.53. The number of aromatic nitrogens is 2. The van der Waals surface area contributed by atoms with Crippen LogP contribution in [0.3, 0.4) is 0 Å². The van der Waals surface area contributed by atoms with E-state index in [1.807, 2.05) is 0 Å². The van der Waals surface area contributed by atoms with Crippen LogP contribution in [0.25, 0.3) is 0 Å². The predicted octanol–water partition coefficient (Wildman–Crippen LogP) is 2.56. The molecule has 1 N–H and O–H groups in total. The van der Waals surface area contributed by atoms with Crippen molar-refractivity contribution >= 4 is 22.4 Å². The zero-order valence-electron chi connectivity index (χ0n) is 6.87. The smallest absolute Gasteiger partial charge is 0.206 e. The van der Waals surface area contributed by atoms with Crippen LogP contribution in [0.2, 0.25) is 0 Å². The van der Waals surface area contributed by atoms with Gasteiger partial charge in [-0.2, -0.15) is 4.37 Å². The van der Waals surface area contributed by atoms with E-state index in [0.717, 1.165) is 29.7 Å². The van der Waals surface area contributed by atoms with E-state index in [0.29, 0.717) is 5.13 Å². The van der Waals surface area contributed by atoms with Gasteiger partial charge in [0.1, 0.15) is 18.0 Å². The summed E-state index contributed by atoms with van der Waals surface area (Å²) in [4.78, 5) is 3.79. The number of benzene rings is 1. The molecular formula is C8H5F2N3S. The van der Waals surface area contributed by atoms with Crippen molar-refractivity contribution in [3.63, 3.8) is 0 Å². The SMILES string of the molecule is Fc1ccc(F)c(Nc2ncns2)c1. The van der Waals surface area contributed by atoms with Crippen LogP contribution in [0, 0.1) is 11.6 Å². The average Bonchev–Trinajstić information content (AvgIpc) is 2.64. The van der Waals surface area contributed by atoms with Gasteiger partial charge in [-0.3, -0.25) is 0 Å². The van der Waals surface area contributed by atoms with Crippen LogP contribution in [0.15, 0.2) is 24.5 Å². The Morgan fingerprint density at radius 3 is 2.86 bits per heavy atom. The molecule has 1 aromatic heterocycles. The van der Waals surface area contributed by atoms with Gasteiger partial charge in [0.25, 0.3) is 0 Å². The van der Waals surface area contributed by atoms with Crippen LogP contribution < -0.4 is 5.32 Å². The second kappa shape index (κ2) is 3.67. The number of halogens is 2. The molecule has 0 atom stereocenters. The minimum Gasteiger partial charge on any atom is -0.328 e. The number of rotatable bonds is 2. The summed E-state index contributed by atoms with van der Waals surface area (Å²) in [6.07, 6.45) is 1.34. The normalized spacial score (nSPS) is 10.1. The van der Waals surface area contributed by atoms with E-state index < -0.39 is 11.6 Å². The zero-order chi connectivity index (χ0) is 9.97. The standard InChI is InChI=1S/C8H5F2N3S/c9-5-1-2-6(10)7(3-5)13-8-11-4-12-14-8/h1-4H,(H,11,12,13). The van der Waals surface area contributed by atoms with Gasteiger partial charge in [0.05, 0.1) is 5.69 Å². The number of anilines is 2. The monoisotopic (exact) mass is 213 g/mol. The van der Waals surface area contributed by atoms with E-state index in [-0.39, 0.29) is 5.69 Å². The van der Waals surface area contributed by atoms with Gasteiger partial charge in [0.2, 0.25) is 5.13 Å². The highest BCUT2D eigenvalue weighted by Crippen LogP contribution is 2.20. The molecule has 0 bridgehead atoms. The van der Waals surface area contributed by atoms with Crippen LogP contribution in [0.4, 0.5) is 19.6 Å². The molecule has 0 radical (unpaired) electrons. The Morgan fingerprint density at radius 2 is 2.14 bits per heavy atom.